The zero-order chi connectivity index (χ0) is 20.8. The summed E-state index contributed by atoms with van der Waals surface area (Å²) < 4.78 is 10.9. The van der Waals surface area contributed by atoms with Gasteiger partial charge in [0.15, 0.2) is 0 Å². The van der Waals surface area contributed by atoms with E-state index in [1.807, 2.05) is 45.0 Å². The molecule has 2 aromatic rings. The van der Waals surface area contributed by atoms with Crippen molar-refractivity contribution in [1.82, 2.24) is 5.32 Å². The largest absolute Gasteiger partial charge is 0.508 e. The number of benzene rings is 2. The zero-order valence-corrected chi connectivity index (χ0v) is 17.4. The highest BCUT2D eigenvalue weighted by molar-refractivity contribution is 5.67. The van der Waals surface area contributed by atoms with Gasteiger partial charge in [0.05, 0.1) is 6.61 Å². The standard InChI is InChI=1S/C23H31NO4/c1-22(2,3)28-21(26)24-15-6-16-27-20-13-9-18(10-14-20)23(4,5)17-7-11-19(25)12-8-17/h7-14,25H,6,15-16H2,1-5H3,(H,24,26). The van der Waals surface area contributed by atoms with E-state index in [4.69, 9.17) is 9.47 Å². The van der Waals surface area contributed by atoms with Crippen molar-refractivity contribution in [2.45, 2.75) is 52.1 Å². The molecule has 0 saturated heterocycles. The Bertz CT molecular complexity index is 759. The van der Waals surface area contributed by atoms with Gasteiger partial charge in [-0.1, -0.05) is 38.1 Å². The van der Waals surface area contributed by atoms with Gasteiger partial charge in [0, 0.05) is 12.0 Å². The van der Waals surface area contributed by atoms with Crippen molar-refractivity contribution in [3.63, 3.8) is 0 Å². The van der Waals surface area contributed by atoms with Gasteiger partial charge in [0.2, 0.25) is 0 Å². The lowest BCUT2D eigenvalue weighted by atomic mass is 9.78. The van der Waals surface area contributed by atoms with Crippen molar-refractivity contribution < 1.29 is 19.4 Å². The van der Waals surface area contributed by atoms with E-state index >= 15 is 0 Å². The summed E-state index contributed by atoms with van der Waals surface area (Å²) in [5, 5.41) is 12.2. The number of alkyl carbamates (subject to hydrolysis) is 1. The molecule has 0 aromatic heterocycles. The number of hydrogen-bond donors (Lipinski definition) is 2. The summed E-state index contributed by atoms with van der Waals surface area (Å²) in [6.45, 7) is 10.8. The Labute approximate surface area is 167 Å². The monoisotopic (exact) mass is 385 g/mol. The van der Waals surface area contributed by atoms with Crippen LogP contribution in [0.3, 0.4) is 0 Å². The molecule has 0 radical (unpaired) electrons. The van der Waals surface area contributed by atoms with Gasteiger partial charge in [-0.3, -0.25) is 0 Å². The minimum atomic E-state index is -0.490. The molecule has 0 unspecified atom stereocenters. The Morgan fingerprint density at radius 2 is 1.46 bits per heavy atom. The first kappa shape index (κ1) is 21.6. The van der Waals surface area contributed by atoms with Crippen LogP contribution in [0.1, 0.15) is 52.2 Å². The van der Waals surface area contributed by atoms with Gasteiger partial charge in [-0.15, -0.1) is 0 Å². The van der Waals surface area contributed by atoms with Gasteiger partial charge >= 0.3 is 6.09 Å². The Morgan fingerprint density at radius 1 is 0.929 bits per heavy atom. The number of nitrogens with one attached hydrogen (secondary N) is 1. The van der Waals surface area contributed by atoms with Crippen LogP contribution in [0.4, 0.5) is 4.79 Å². The molecule has 0 heterocycles. The molecular formula is C23H31NO4. The van der Waals surface area contributed by atoms with E-state index in [1.165, 1.54) is 0 Å². The van der Waals surface area contributed by atoms with E-state index in [9.17, 15) is 9.90 Å². The summed E-state index contributed by atoms with van der Waals surface area (Å²) in [6, 6.07) is 15.3. The van der Waals surface area contributed by atoms with Crippen molar-refractivity contribution in [2.24, 2.45) is 0 Å². The molecule has 2 N–H and O–H groups in total. The summed E-state index contributed by atoms with van der Waals surface area (Å²) in [6.07, 6.45) is 0.285. The van der Waals surface area contributed by atoms with Crippen molar-refractivity contribution in [1.29, 1.82) is 0 Å². The van der Waals surface area contributed by atoms with Crippen LogP contribution in [0, 0.1) is 0 Å². The lowest BCUT2D eigenvalue weighted by Crippen LogP contribution is -2.33. The van der Waals surface area contributed by atoms with E-state index in [0.717, 1.165) is 16.9 Å². The van der Waals surface area contributed by atoms with E-state index in [0.29, 0.717) is 19.6 Å². The summed E-state index contributed by atoms with van der Waals surface area (Å²) >= 11 is 0. The van der Waals surface area contributed by atoms with Crippen LogP contribution in [-0.4, -0.2) is 30.0 Å². The molecule has 28 heavy (non-hydrogen) atoms. The Balaban J connectivity index is 1.81. The Kier molecular flexibility index (Phi) is 6.95. The van der Waals surface area contributed by atoms with Gasteiger partial charge in [-0.05, 0) is 62.6 Å². The van der Waals surface area contributed by atoms with Crippen molar-refractivity contribution in [3.8, 4) is 11.5 Å². The molecule has 0 spiro atoms. The normalized spacial score (nSPS) is 11.8. The zero-order valence-electron chi connectivity index (χ0n) is 17.4. The molecule has 5 nitrogen and oxygen atoms in total. The summed E-state index contributed by atoms with van der Waals surface area (Å²) in [5.41, 5.74) is 1.63. The lowest BCUT2D eigenvalue weighted by molar-refractivity contribution is 0.0525. The molecule has 0 bridgehead atoms. The topological polar surface area (TPSA) is 67.8 Å². The first-order valence-corrected chi connectivity index (χ1v) is 9.58. The number of carbonyl (C=O) groups excluding carboxylic acids is 1. The molecule has 0 aliphatic carbocycles. The van der Waals surface area contributed by atoms with Crippen molar-refractivity contribution in [2.75, 3.05) is 13.2 Å². The second kappa shape index (κ2) is 9.00. The first-order chi connectivity index (χ1) is 13.1. The predicted octanol–water partition coefficient (Wildman–Crippen LogP) is 5.01. The average Bonchev–Trinajstić information content (AvgIpc) is 2.61. The van der Waals surface area contributed by atoms with E-state index in [-0.39, 0.29) is 11.2 Å². The van der Waals surface area contributed by atoms with Crippen LogP contribution in [-0.2, 0) is 10.2 Å². The molecule has 0 aliphatic rings. The molecule has 1 amide bonds. The highest BCUT2D eigenvalue weighted by Gasteiger charge is 2.23. The number of hydrogen-bond acceptors (Lipinski definition) is 4. The highest BCUT2D eigenvalue weighted by Crippen LogP contribution is 2.33. The van der Waals surface area contributed by atoms with Gasteiger partial charge in [0.25, 0.3) is 0 Å². The number of phenolic OH excluding ortho intramolecular Hbond substituents is 1. The van der Waals surface area contributed by atoms with Gasteiger partial charge in [0.1, 0.15) is 17.1 Å². The molecular weight excluding hydrogens is 354 g/mol. The fraction of sp³-hybridized carbons (Fsp3) is 0.435. The van der Waals surface area contributed by atoms with E-state index in [1.54, 1.807) is 12.1 Å². The average molecular weight is 386 g/mol. The number of aromatic hydroxyl groups is 1. The number of carbonyl (C=O) groups is 1. The van der Waals surface area contributed by atoms with E-state index < -0.39 is 11.7 Å². The smallest absolute Gasteiger partial charge is 0.407 e. The molecule has 0 fully saturated rings. The molecule has 0 atom stereocenters. The Morgan fingerprint density at radius 3 is 2.00 bits per heavy atom. The third-order valence-corrected chi connectivity index (χ3v) is 4.42. The second-order valence-corrected chi connectivity index (χ2v) is 8.33. The van der Waals surface area contributed by atoms with Crippen LogP contribution < -0.4 is 10.1 Å². The van der Waals surface area contributed by atoms with Gasteiger partial charge < -0.3 is 19.9 Å². The molecule has 2 rings (SSSR count). The lowest BCUT2D eigenvalue weighted by Gasteiger charge is -2.26. The summed E-state index contributed by atoms with van der Waals surface area (Å²) in [4.78, 5) is 11.6. The van der Waals surface area contributed by atoms with Gasteiger partial charge in [-0.2, -0.15) is 0 Å². The number of rotatable bonds is 7. The van der Waals surface area contributed by atoms with Crippen LogP contribution in [0.5, 0.6) is 11.5 Å². The molecule has 152 valence electrons. The highest BCUT2D eigenvalue weighted by atomic mass is 16.6. The maximum absolute atomic E-state index is 11.6. The maximum Gasteiger partial charge on any atom is 0.407 e. The third-order valence-electron chi connectivity index (χ3n) is 4.42. The molecule has 0 saturated carbocycles. The summed E-state index contributed by atoms with van der Waals surface area (Å²) in [7, 11) is 0. The molecule has 5 heteroatoms. The van der Waals surface area contributed by atoms with Crippen LogP contribution in [0.15, 0.2) is 48.5 Å². The summed E-state index contributed by atoms with van der Waals surface area (Å²) in [5.74, 6) is 1.06. The van der Waals surface area contributed by atoms with Crippen LogP contribution in [0.2, 0.25) is 0 Å². The second-order valence-electron chi connectivity index (χ2n) is 8.33. The predicted molar refractivity (Wildman–Crippen MR) is 111 cm³/mol. The molecule has 0 aliphatic heterocycles. The minimum absolute atomic E-state index is 0.177. The quantitative estimate of drug-likeness (QED) is 0.657. The first-order valence-electron chi connectivity index (χ1n) is 9.58. The van der Waals surface area contributed by atoms with Crippen molar-refractivity contribution >= 4 is 6.09 Å². The number of ether oxygens (including phenoxy) is 2. The SMILES string of the molecule is CC(C)(C)OC(=O)NCCCOc1ccc(C(C)(C)c2ccc(O)cc2)cc1. The fourth-order valence-corrected chi connectivity index (χ4v) is 2.78. The van der Waals surface area contributed by atoms with E-state index in [2.05, 4.69) is 31.3 Å². The molecule has 2 aromatic carbocycles. The van der Waals surface area contributed by atoms with Gasteiger partial charge in [-0.25, -0.2) is 4.79 Å². The third kappa shape index (κ3) is 6.48. The minimum Gasteiger partial charge on any atom is -0.508 e. The van der Waals surface area contributed by atoms with Crippen LogP contribution in [0.25, 0.3) is 0 Å². The maximum atomic E-state index is 11.6. The number of phenols is 1. The fourth-order valence-electron chi connectivity index (χ4n) is 2.78. The van der Waals surface area contributed by atoms with Crippen LogP contribution >= 0.6 is 0 Å². The van der Waals surface area contributed by atoms with Crippen molar-refractivity contribution in [3.05, 3.63) is 59.7 Å². The Hall–Kier alpha value is -2.69. The number of amides is 1.